The van der Waals surface area contributed by atoms with E-state index < -0.39 is 0 Å². The van der Waals surface area contributed by atoms with Crippen LogP contribution in [0.15, 0.2) is 53.0 Å². The highest BCUT2D eigenvalue weighted by atomic mass is 79.9. The Labute approximate surface area is 116 Å². The summed E-state index contributed by atoms with van der Waals surface area (Å²) in [5, 5.41) is 3.44. The lowest BCUT2D eigenvalue weighted by Crippen LogP contribution is -1.99. The van der Waals surface area contributed by atoms with Crippen LogP contribution in [0.2, 0.25) is 0 Å². The normalized spacial score (nSPS) is 14.5. The van der Waals surface area contributed by atoms with Gasteiger partial charge in [-0.1, -0.05) is 46.3 Å². The lowest BCUT2D eigenvalue weighted by Gasteiger charge is -2.07. The van der Waals surface area contributed by atoms with Gasteiger partial charge < -0.3 is 5.32 Å². The third kappa shape index (κ3) is 2.94. The van der Waals surface area contributed by atoms with E-state index in [1.807, 2.05) is 12.1 Å². The van der Waals surface area contributed by atoms with E-state index in [1.165, 1.54) is 24.0 Å². The Hall–Kier alpha value is -1.28. The van der Waals surface area contributed by atoms with Gasteiger partial charge in [0.05, 0.1) is 0 Å². The molecule has 0 saturated heterocycles. The number of hydrogen-bond donors (Lipinski definition) is 1. The van der Waals surface area contributed by atoms with E-state index in [-0.39, 0.29) is 0 Å². The van der Waals surface area contributed by atoms with E-state index in [0.717, 1.165) is 22.6 Å². The summed E-state index contributed by atoms with van der Waals surface area (Å²) in [5.74, 6) is 0.845. The Bertz CT molecular complexity index is 529. The van der Waals surface area contributed by atoms with Gasteiger partial charge in [-0.15, -0.1) is 0 Å². The summed E-state index contributed by atoms with van der Waals surface area (Å²) in [6.45, 7) is 0.876. The Balaban J connectivity index is 1.62. The molecular weight excluding hydrogens is 286 g/mol. The van der Waals surface area contributed by atoms with Crippen LogP contribution < -0.4 is 5.32 Å². The molecular formula is C16H16BrN. The van der Waals surface area contributed by atoms with Crippen LogP contribution in [0.25, 0.3) is 0 Å². The Morgan fingerprint density at radius 2 is 1.83 bits per heavy atom. The summed E-state index contributed by atoms with van der Waals surface area (Å²) in [7, 11) is 0. The average molecular weight is 302 g/mol. The molecule has 18 heavy (non-hydrogen) atoms. The van der Waals surface area contributed by atoms with Gasteiger partial charge in [-0.25, -0.2) is 0 Å². The maximum Gasteiger partial charge on any atom is 0.0400 e. The van der Waals surface area contributed by atoms with Gasteiger partial charge in [0.2, 0.25) is 0 Å². The van der Waals surface area contributed by atoms with E-state index in [0.29, 0.717) is 0 Å². The minimum atomic E-state index is 0.845. The first-order valence-corrected chi connectivity index (χ1v) is 7.19. The van der Waals surface area contributed by atoms with Gasteiger partial charge in [-0.2, -0.15) is 0 Å². The fourth-order valence-corrected chi connectivity index (χ4v) is 2.53. The zero-order valence-electron chi connectivity index (χ0n) is 10.2. The zero-order valence-corrected chi connectivity index (χ0v) is 11.8. The molecule has 1 aliphatic carbocycles. The summed E-state index contributed by atoms with van der Waals surface area (Å²) in [6, 6.07) is 17.3. The van der Waals surface area contributed by atoms with Crippen LogP contribution in [0.5, 0.6) is 0 Å². The first kappa shape index (κ1) is 11.8. The van der Waals surface area contributed by atoms with E-state index in [1.54, 1.807) is 0 Å². The van der Waals surface area contributed by atoms with Gasteiger partial charge in [0.1, 0.15) is 0 Å². The number of rotatable bonds is 4. The first-order chi connectivity index (χ1) is 8.81. The second kappa shape index (κ2) is 5.15. The molecule has 0 heterocycles. The SMILES string of the molecule is Brc1cccc(NCc2ccc(C3CC3)cc2)c1. The van der Waals surface area contributed by atoms with Gasteiger partial charge in [-0.05, 0) is 48.1 Å². The molecule has 1 aliphatic rings. The van der Waals surface area contributed by atoms with Crippen LogP contribution in [0.3, 0.4) is 0 Å². The molecule has 0 aliphatic heterocycles. The Morgan fingerprint density at radius 3 is 2.50 bits per heavy atom. The lowest BCUT2D eigenvalue weighted by atomic mass is 10.1. The number of anilines is 1. The molecule has 3 rings (SSSR count). The number of hydrogen-bond acceptors (Lipinski definition) is 1. The molecule has 0 atom stereocenters. The second-order valence-electron chi connectivity index (χ2n) is 4.88. The highest BCUT2D eigenvalue weighted by Gasteiger charge is 2.22. The number of benzene rings is 2. The predicted octanol–water partition coefficient (Wildman–Crippen LogP) is 4.94. The van der Waals surface area contributed by atoms with Crippen LogP contribution >= 0.6 is 15.9 Å². The summed E-state index contributed by atoms with van der Waals surface area (Å²) >= 11 is 3.48. The molecule has 0 spiro atoms. The highest BCUT2D eigenvalue weighted by molar-refractivity contribution is 9.10. The molecule has 0 aromatic heterocycles. The monoisotopic (exact) mass is 301 g/mol. The van der Waals surface area contributed by atoms with Crippen LogP contribution in [-0.2, 0) is 6.54 Å². The fraction of sp³-hybridized carbons (Fsp3) is 0.250. The van der Waals surface area contributed by atoms with Gasteiger partial charge in [0, 0.05) is 16.7 Å². The summed E-state index contributed by atoms with van der Waals surface area (Å²) in [4.78, 5) is 0. The summed E-state index contributed by atoms with van der Waals surface area (Å²) in [6.07, 6.45) is 2.74. The van der Waals surface area contributed by atoms with Crippen molar-refractivity contribution in [2.75, 3.05) is 5.32 Å². The van der Waals surface area contributed by atoms with Crippen molar-refractivity contribution in [3.8, 4) is 0 Å². The minimum Gasteiger partial charge on any atom is -0.381 e. The molecule has 1 nitrogen and oxygen atoms in total. The third-order valence-electron chi connectivity index (χ3n) is 3.35. The summed E-state index contributed by atoms with van der Waals surface area (Å²) in [5.41, 5.74) is 3.98. The molecule has 1 N–H and O–H groups in total. The molecule has 0 radical (unpaired) electrons. The molecule has 1 fully saturated rings. The molecule has 2 heteroatoms. The van der Waals surface area contributed by atoms with Gasteiger partial charge in [-0.3, -0.25) is 0 Å². The quantitative estimate of drug-likeness (QED) is 0.843. The highest BCUT2D eigenvalue weighted by Crippen LogP contribution is 2.39. The Kier molecular flexibility index (Phi) is 3.37. The standard InChI is InChI=1S/C16H16BrN/c17-15-2-1-3-16(10-15)18-11-12-4-6-13(7-5-12)14-8-9-14/h1-7,10,14,18H,8-9,11H2. The molecule has 2 aromatic carbocycles. The van der Waals surface area contributed by atoms with Crippen molar-refractivity contribution in [2.45, 2.75) is 25.3 Å². The second-order valence-corrected chi connectivity index (χ2v) is 5.80. The molecule has 0 unspecified atom stereocenters. The van der Waals surface area contributed by atoms with Crippen molar-refractivity contribution in [3.05, 3.63) is 64.1 Å². The molecule has 2 aromatic rings. The van der Waals surface area contributed by atoms with E-state index in [4.69, 9.17) is 0 Å². The Morgan fingerprint density at radius 1 is 1.06 bits per heavy atom. The zero-order chi connectivity index (χ0) is 12.4. The molecule has 1 saturated carbocycles. The predicted molar refractivity (Wildman–Crippen MR) is 79.9 cm³/mol. The van der Waals surface area contributed by atoms with E-state index in [2.05, 4.69) is 57.6 Å². The molecule has 92 valence electrons. The van der Waals surface area contributed by atoms with Crippen LogP contribution in [-0.4, -0.2) is 0 Å². The number of nitrogens with one attached hydrogen (secondary N) is 1. The molecule has 0 amide bonds. The first-order valence-electron chi connectivity index (χ1n) is 6.39. The van der Waals surface area contributed by atoms with Crippen molar-refractivity contribution in [2.24, 2.45) is 0 Å². The van der Waals surface area contributed by atoms with Gasteiger partial charge in [0.15, 0.2) is 0 Å². The topological polar surface area (TPSA) is 12.0 Å². The van der Waals surface area contributed by atoms with Crippen molar-refractivity contribution in [3.63, 3.8) is 0 Å². The fourth-order valence-electron chi connectivity index (χ4n) is 2.13. The minimum absolute atomic E-state index is 0.845. The number of halogens is 1. The van der Waals surface area contributed by atoms with Crippen molar-refractivity contribution in [1.82, 2.24) is 0 Å². The largest absolute Gasteiger partial charge is 0.381 e. The van der Waals surface area contributed by atoms with Crippen molar-refractivity contribution < 1.29 is 0 Å². The van der Waals surface area contributed by atoms with Crippen LogP contribution in [0.4, 0.5) is 5.69 Å². The summed E-state index contributed by atoms with van der Waals surface area (Å²) < 4.78 is 1.11. The maximum absolute atomic E-state index is 3.48. The lowest BCUT2D eigenvalue weighted by molar-refractivity contribution is 1.10. The van der Waals surface area contributed by atoms with Crippen molar-refractivity contribution in [1.29, 1.82) is 0 Å². The third-order valence-corrected chi connectivity index (χ3v) is 3.84. The smallest absolute Gasteiger partial charge is 0.0400 e. The molecule has 0 bridgehead atoms. The van der Waals surface area contributed by atoms with Crippen LogP contribution in [0, 0.1) is 0 Å². The van der Waals surface area contributed by atoms with Gasteiger partial charge >= 0.3 is 0 Å². The van der Waals surface area contributed by atoms with E-state index in [9.17, 15) is 0 Å². The van der Waals surface area contributed by atoms with Crippen LogP contribution in [0.1, 0.15) is 29.9 Å². The average Bonchev–Trinajstić information content (AvgIpc) is 3.21. The van der Waals surface area contributed by atoms with Crippen molar-refractivity contribution >= 4 is 21.6 Å². The van der Waals surface area contributed by atoms with E-state index >= 15 is 0 Å². The maximum atomic E-state index is 3.48. The van der Waals surface area contributed by atoms with Gasteiger partial charge in [0.25, 0.3) is 0 Å².